The van der Waals surface area contributed by atoms with Crippen LogP contribution in [0.4, 0.5) is 10.5 Å². The molecule has 1 aliphatic carbocycles. The zero-order valence-electron chi connectivity index (χ0n) is 14.7. The molecular formula is C19H22N4O3. The Morgan fingerprint density at radius 3 is 3.04 bits per heavy atom. The predicted octanol–water partition coefficient (Wildman–Crippen LogP) is 2.78. The van der Waals surface area contributed by atoms with Crippen LogP contribution < -0.4 is 10.6 Å². The van der Waals surface area contributed by atoms with Gasteiger partial charge in [-0.25, -0.2) is 4.79 Å². The number of aryl methyl sites for hydroxylation is 1. The van der Waals surface area contributed by atoms with Gasteiger partial charge in [0.2, 0.25) is 5.91 Å². The highest BCUT2D eigenvalue weighted by atomic mass is 16.5. The molecule has 136 valence electrons. The van der Waals surface area contributed by atoms with Crippen molar-refractivity contribution >= 4 is 17.6 Å². The van der Waals surface area contributed by atoms with E-state index in [1.165, 1.54) is 0 Å². The topological polar surface area (TPSA) is 87.5 Å². The average Bonchev–Trinajstić information content (AvgIpc) is 3.04. The maximum Gasteiger partial charge on any atom is 0.317 e. The van der Waals surface area contributed by atoms with Gasteiger partial charge in [0.15, 0.2) is 0 Å². The fraction of sp³-hybridized carbons (Fsp3) is 0.421. The van der Waals surface area contributed by atoms with Crippen LogP contribution in [-0.2, 0) is 24.2 Å². The lowest BCUT2D eigenvalue weighted by atomic mass is 9.96. The first kappa shape index (κ1) is 16.6. The maximum atomic E-state index is 12.6. The second kappa shape index (κ2) is 6.82. The summed E-state index contributed by atoms with van der Waals surface area (Å²) in [7, 11) is 1.73. The number of fused-ring (bicyclic) bond motifs is 2. The molecule has 2 aliphatic rings. The van der Waals surface area contributed by atoms with E-state index in [1.54, 1.807) is 11.9 Å². The fourth-order valence-corrected chi connectivity index (χ4v) is 3.67. The van der Waals surface area contributed by atoms with E-state index in [-0.39, 0.29) is 24.4 Å². The van der Waals surface area contributed by atoms with Gasteiger partial charge in [-0.1, -0.05) is 23.4 Å². The number of carbonyl (C=O) groups excluding carboxylic acids is 2. The van der Waals surface area contributed by atoms with Crippen molar-refractivity contribution in [1.82, 2.24) is 15.4 Å². The molecule has 0 spiro atoms. The summed E-state index contributed by atoms with van der Waals surface area (Å²) in [5.74, 6) is 0.861. The molecular weight excluding hydrogens is 332 g/mol. The van der Waals surface area contributed by atoms with Crippen LogP contribution in [0.15, 0.2) is 28.8 Å². The summed E-state index contributed by atoms with van der Waals surface area (Å²) in [6, 6.07) is 6.97. The molecule has 0 fully saturated rings. The third-order valence-corrected chi connectivity index (χ3v) is 5.06. The number of aromatic nitrogens is 1. The Bertz CT molecular complexity index is 845. The molecule has 1 aromatic heterocycles. The maximum absolute atomic E-state index is 12.6. The first-order chi connectivity index (χ1) is 12.6. The van der Waals surface area contributed by atoms with Gasteiger partial charge < -0.3 is 20.1 Å². The third kappa shape index (κ3) is 3.16. The molecule has 1 aromatic carbocycles. The molecule has 1 aliphatic heterocycles. The Morgan fingerprint density at radius 1 is 1.35 bits per heavy atom. The van der Waals surface area contributed by atoms with E-state index in [9.17, 15) is 9.59 Å². The Hall–Kier alpha value is -2.83. The molecule has 7 heteroatoms. The minimum Gasteiger partial charge on any atom is -0.361 e. The van der Waals surface area contributed by atoms with Crippen LogP contribution in [0.1, 0.15) is 47.9 Å². The van der Waals surface area contributed by atoms with Crippen molar-refractivity contribution in [2.75, 3.05) is 12.4 Å². The number of nitrogens with one attached hydrogen (secondary N) is 2. The molecule has 4 rings (SSSR count). The van der Waals surface area contributed by atoms with E-state index in [0.717, 1.165) is 54.0 Å². The van der Waals surface area contributed by atoms with E-state index < -0.39 is 0 Å². The van der Waals surface area contributed by atoms with Crippen molar-refractivity contribution < 1.29 is 14.1 Å². The van der Waals surface area contributed by atoms with Gasteiger partial charge in [-0.05, 0) is 30.9 Å². The summed E-state index contributed by atoms with van der Waals surface area (Å²) in [4.78, 5) is 26.1. The van der Waals surface area contributed by atoms with Crippen molar-refractivity contribution in [1.29, 1.82) is 0 Å². The van der Waals surface area contributed by atoms with E-state index in [4.69, 9.17) is 4.52 Å². The average molecular weight is 354 g/mol. The van der Waals surface area contributed by atoms with Crippen molar-refractivity contribution in [3.05, 3.63) is 46.8 Å². The van der Waals surface area contributed by atoms with Gasteiger partial charge in [-0.2, -0.15) is 0 Å². The molecule has 2 heterocycles. The van der Waals surface area contributed by atoms with E-state index in [0.29, 0.717) is 6.54 Å². The first-order valence-corrected chi connectivity index (χ1v) is 8.98. The number of para-hydroxylation sites is 1. The lowest BCUT2D eigenvalue weighted by molar-refractivity contribution is -0.116. The Labute approximate surface area is 151 Å². The van der Waals surface area contributed by atoms with Crippen LogP contribution in [0, 0.1) is 0 Å². The molecule has 0 bridgehead atoms. The molecule has 0 saturated carbocycles. The monoisotopic (exact) mass is 354 g/mol. The highest BCUT2D eigenvalue weighted by Gasteiger charge is 2.28. The Balaban J connectivity index is 1.45. The molecule has 0 radical (unpaired) electrons. The third-order valence-electron chi connectivity index (χ3n) is 5.06. The highest BCUT2D eigenvalue weighted by molar-refractivity contribution is 5.95. The molecule has 3 amide bonds. The fourth-order valence-electron chi connectivity index (χ4n) is 3.67. The Morgan fingerprint density at radius 2 is 2.15 bits per heavy atom. The van der Waals surface area contributed by atoms with Gasteiger partial charge in [0.05, 0.1) is 19.0 Å². The van der Waals surface area contributed by atoms with Crippen molar-refractivity contribution in [2.24, 2.45) is 0 Å². The van der Waals surface area contributed by atoms with E-state index in [2.05, 4.69) is 15.8 Å². The van der Waals surface area contributed by atoms with Crippen LogP contribution in [-0.4, -0.2) is 29.0 Å². The summed E-state index contributed by atoms with van der Waals surface area (Å²) in [5.41, 5.74) is 3.66. The normalized spacial score (nSPS) is 18.5. The molecule has 0 saturated heterocycles. The van der Waals surface area contributed by atoms with Crippen LogP contribution in [0.25, 0.3) is 0 Å². The summed E-state index contributed by atoms with van der Waals surface area (Å²) in [6.45, 7) is 0.394. The minimum atomic E-state index is -0.332. The lowest BCUT2D eigenvalue weighted by Crippen LogP contribution is -2.41. The molecule has 7 nitrogen and oxygen atoms in total. The van der Waals surface area contributed by atoms with Crippen LogP contribution >= 0.6 is 0 Å². The molecule has 2 N–H and O–H groups in total. The Kier molecular flexibility index (Phi) is 4.36. The lowest BCUT2D eigenvalue weighted by Gasteiger charge is -2.28. The van der Waals surface area contributed by atoms with Gasteiger partial charge in [0.1, 0.15) is 11.5 Å². The summed E-state index contributed by atoms with van der Waals surface area (Å²) in [5, 5.41) is 9.96. The summed E-state index contributed by atoms with van der Waals surface area (Å²) in [6.07, 6.45) is 4.37. The summed E-state index contributed by atoms with van der Waals surface area (Å²) >= 11 is 0. The zero-order chi connectivity index (χ0) is 18.1. The first-order valence-electron chi connectivity index (χ1n) is 8.98. The number of hydrogen-bond donors (Lipinski definition) is 2. The minimum absolute atomic E-state index is 0.0952. The molecule has 0 unspecified atom stereocenters. The standard InChI is InChI=1S/C19H22N4O3/c1-23(11-16-13-7-3-5-9-17(13)26-22-16)19(25)21-15-10-18(24)20-14-8-4-2-6-12(14)15/h2,4,6,8,15H,3,5,7,9-11H2,1H3,(H,20,24)(H,21,25)/t15-/m1/s1. The van der Waals surface area contributed by atoms with Gasteiger partial charge in [0.25, 0.3) is 0 Å². The highest BCUT2D eigenvalue weighted by Crippen LogP contribution is 2.30. The number of rotatable bonds is 3. The van der Waals surface area contributed by atoms with Crippen molar-refractivity contribution in [3.63, 3.8) is 0 Å². The quantitative estimate of drug-likeness (QED) is 0.887. The van der Waals surface area contributed by atoms with Crippen molar-refractivity contribution in [3.8, 4) is 0 Å². The van der Waals surface area contributed by atoms with E-state index in [1.807, 2.05) is 24.3 Å². The number of benzene rings is 1. The number of carbonyl (C=O) groups is 2. The number of nitrogens with zero attached hydrogens (tertiary/aromatic N) is 2. The second-order valence-corrected chi connectivity index (χ2v) is 6.94. The molecule has 1 atom stereocenters. The van der Waals surface area contributed by atoms with Gasteiger partial charge in [-0.15, -0.1) is 0 Å². The number of anilines is 1. The van der Waals surface area contributed by atoms with E-state index >= 15 is 0 Å². The number of hydrogen-bond acceptors (Lipinski definition) is 4. The largest absolute Gasteiger partial charge is 0.361 e. The summed E-state index contributed by atoms with van der Waals surface area (Å²) < 4.78 is 5.42. The van der Waals surface area contributed by atoms with Gasteiger partial charge in [-0.3, -0.25) is 4.79 Å². The van der Waals surface area contributed by atoms with Gasteiger partial charge in [0, 0.05) is 24.7 Å². The van der Waals surface area contributed by atoms with Crippen LogP contribution in [0.2, 0.25) is 0 Å². The zero-order valence-corrected chi connectivity index (χ0v) is 14.7. The van der Waals surface area contributed by atoms with Crippen molar-refractivity contribution in [2.45, 2.75) is 44.7 Å². The number of amides is 3. The molecule has 2 aromatic rings. The van der Waals surface area contributed by atoms with Gasteiger partial charge >= 0.3 is 6.03 Å². The van der Waals surface area contributed by atoms with Crippen LogP contribution in [0.5, 0.6) is 0 Å². The predicted molar refractivity (Wildman–Crippen MR) is 95.6 cm³/mol. The smallest absolute Gasteiger partial charge is 0.317 e. The SMILES string of the molecule is CN(Cc1noc2c1CCCC2)C(=O)N[C@@H]1CC(=O)Nc2ccccc21. The number of urea groups is 1. The second-order valence-electron chi connectivity index (χ2n) is 6.94. The molecule has 26 heavy (non-hydrogen) atoms. The van der Waals surface area contributed by atoms with Crippen LogP contribution in [0.3, 0.4) is 0 Å².